The molecule has 1 nitrogen and oxygen atoms in total. The molecule has 0 aliphatic heterocycles. The van der Waals surface area contributed by atoms with E-state index < -0.39 is 0 Å². The molecule has 0 amide bonds. The van der Waals surface area contributed by atoms with Crippen molar-refractivity contribution in [1.82, 2.24) is 4.98 Å². The van der Waals surface area contributed by atoms with Crippen LogP contribution in [-0.4, -0.2) is 15.9 Å². The Balaban J connectivity index is 3.87. The SMILES string of the molecule is CCCC(CC)(CC)N[SiH3]. The van der Waals surface area contributed by atoms with Crippen LogP contribution in [0.2, 0.25) is 0 Å². The van der Waals surface area contributed by atoms with Gasteiger partial charge in [-0.25, -0.2) is 0 Å². The highest BCUT2D eigenvalue weighted by Gasteiger charge is 2.20. The first-order chi connectivity index (χ1) is 4.74. The summed E-state index contributed by atoms with van der Waals surface area (Å²) in [5.74, 6) is 0. The van der Waals surface area contributed by atoms with Crippen molar-refractivity contribution in [2.75, 3.05) is 0 Å². The highest BCUT2D eigenvalue weighted by Crippen LogP contribution is 2.19. The molecule has 0 aliphatic carbocycles. The second-order valence-electron chi connectivity index (χ2n) is 2.99. The predicted molar refractivity (Wildman–Crippen MR) is 51.3 cm³/mol. The summed E-state index contributed by atoms with van der Waals surface area (Å²) in [6.07, 6.45) is 5.20. The highest BCUT2D eigenvalue weighted by atomic mass is 28.2. The largest absolute Gasteiger partial charge is 0.340 e. The Hall–Kier alpha value is 0.177. The molecule has 0 rings (SSSR count). The van der Waals surface area contributed by atoms with Gasteiger partial charge in [0.15, 0.2) is 0 Å². The van der Waals surface area contributed by atoms with Crippen LogP contribution >= 0.6 is 0 Å². The van der Waals surface area contributed by atoms with Gasteiger partial charge in [0.05, 0.1) is 10.4 Å². The molecule has 62 valence electrons. The van der Waals surface area contributed by atoms with Crippen molar-refractivity contribution in [1.29, 1.82) is 0 Å². The lowest BCUT2D eigenvalue weighted by atomic mass is 9.89. The Morgan fingerprint density at radius 3 is 1.80 bits per heavy atom. The predicted octanol–water partition coefficient (Wildman–Crippen LogP) is 1.22. The zero-order chi connectivity index (χ0) is 8.04. The molecule has 0 fully saturated rings. The average Bonchev–Trinajstić information content (AvgIpc) is 2.01. The van der Waals surface area contributed by atoms with E-state index in [-0.39, 0.29) is 0 Å². The van der Waals surface area contributed by atoms with Gasteiger partial charge in [0, 0.05) is 5.54 Å². The van der Waals surface area contributed by atoms with E-state index in [9.17, 15) is 0 Å². The van der Waals surface area contributed by atoms with Crippen LogP contribution in [0.4, 0.5) is 0 Å². The van der Waals surface area contributed by atoms with Gasteiger partial charge in [0.2, 0.25) is 0 Å². The summed E-state index contributed by atoms with van der Waals surface area (Å²) in [5.41, 5.74) is 0.487. The van der Waals surface area contributed by atoms with Crippen LogP contribution in [0, 0.1) is 0 Å². The van der Waals surface area contributed by atoms with Gasteiger partial charge < -0.3 is 4.98 Å². The fourth-order valence-electron chi connectivity index (χ4n) is 1.56. The molecule has 0 saturated carbocycles. The Morgan fingerprint density at radius 1 is 1.20 bits per heavy atom. The number of rotatable bonds is 5. The topological polar surface area (TPSA) is 12.0 Å². The Labute approximate surface area is 68.1 Å². The maximum absolute atomic E-state index is 3.55. The van der Waals surface area contributed by atoms with Crippen LogP contribution in [0.15, 0.2) is 0 Å². The normalized spacial score (nSPS) is 12.3. The smallest absolute Gasteiger partial charge is 0.0755 e. The first-order valence-corrected chi connectivity index (χ1v) is 5.43. The van der Waals surface area contributed by atoms with Crippen molar-refractivity contribution in [2.45, 2.75) is 52.0 Å². The summed E-state index contributed by atoms with van der Waals surface area (Å²) in [6.45, 7) is 6.83. The number of hydrogen-bond acceptors (Lipinski definition) is 1. The molecule has 0 aromatic heterocycles. The van der Waals surface area contributed by atoms with Gasteiger partial charge in [-0.3, -0.25) is 0 Å². The summed E-state index contributed by atoms with van der Waals surface area (Å²) in [5, 5.41) is 0. The van der Waals surface area contributed by atoms with E-state index in [2.05, 4.69) is 25.8 Å². The number of hydrogen-bond donors (Lipinski definition) is 1. The minimum Gasteiger partial charge on any atom is -0.340 e. The summed E-state index contributed by atoms with van der Waals surface area (Å²) < 4.78 is 0. The highest BCUT2D eigenvalue weighted by molar-refractivity contribution is 6.04. The first kappa shape index (κ1) is 10.2. The van der Waals surface area contributed by atoms with Crippen molar-refractivity contribution >= 4 is 10.4 Å². The lowest BCUT2D eigenvalue weighted by molar-refractivity contribution is 0.332. The lowest BCUT2D eigenvalue weighted by Crippen LogP contribution is -2.42. The molecule has 0 spiro atoms. The summed E-state index contributed by atoms with van der Waals surface area (Å²) >= 11 is 0. The van der Waals surface area contributed by atoms with Gasteiger partial charge in [0.1, 0.15) is 0 Å². The second kappa shape index (κ2) is 4.91. The molecule has 2 heteroatoms. The molecular weight excluding hydrogens is 138 g/mol. The molecule has 0 bridgehead atoms. The third-order valence-electron chi connectivity index (χ3n) is 2.61. The quantitative estimate of drug-likeness (QED) is 0.595. The molecular formula is C8H21NSi. The Morgan fingerprint density at radius 2 is 1.70 bits per heavy atom. The molecule has 0 aliphatic rings. The van der Waals surface area contributed by atoms with Gasteiger partial charge in [-0.05, 0) is 19.3 Å². The molecule has 0 heterocycles. The van der Waals surface area contributed by atoms with E-state index in [1.807, 2.05) is 0 Å². The standard InChI is InChI=1S/C8H21NSi/c1-4-7-8(5-2,6-3)9-10/h9H,4-7H2,1-3,10H3. The molecule has 0 atom stereocenters. The zero-order valence-corrected chi connectivity index (χ0v) is 9.83. The van der Waals surface area contributed by atoms with Crippen molar-refractivity contribution in [3.05, 3.63) is 0 Å². The van der Waals surface area contributed by atoms with Gasteiger partial charge in [0.25, 0.3) is 0 Å². The minimum absolute atomic E-state index is 0.487. The lowest BCUT2D eigenvalue weighted by Gasteiger charge is -2.31. The van der Waals surface area contributed by atoms with Crippen molar-refractivity contribution < 1.29 is 0 Å². The fourth-order valence-corrected chi connectivity index (χ4v) is 2.52. The van der Waals surface area contributed by atoms with Crippen molar-refractivity contribution in [3.63, 3.8) is 0 Å². The van der Waals surface area contributed by atoms with E-state index in [0.29, 0.717) is 5.54 Å². The van der Waals surface area contributed by atoms with E-state index >= 15 is 0 Å². The van der Waals surface area contributed by atoms with Crippen molar-refractivity contribution in [3.8, 4) is 0 Å². The third-order valence-corrected chi connectivity index (χ3v) is 3.67. The van der Waals surface area contributed by atoms with Crippen LogP contribution < -0.4 is 4.98 Å². The molecule has 1 N–H and O–H groups in total. The molecule has 0 aromatic carbocycles. The van der Waals surface area contributed by atoms with Crippen molar-refractivity contribution in [2.24, 2.45) is 0 Å². The van der Waals surface area contributed by atoms with Crippen LogP contribution in [-0.2, 0) is 0 Å². The van der Waals surface area contributed by atoms with Crippen LogP contribution in [0.5, 0.6) is 0 Å². The van der Waals surface area contributed by atoms with E-state index in [1.54, 1.807) is 0 Å². The molecule has 0 radical (unpaired) electrons. The molecule has 0 saturated heterocycles. The van der Waals surface area contributed by atoms with Gasteiger partial charge in [-0.15, -0.1) is 0 Å². The van der Waals surface area contributed by atoms with E-state index in [4.69, 9.17) is 0 Å². The van der Waals surface area contributed by atoms with E-state index in [1.165, 1.54) is 25.7 Å². The maximum Gasteiger partial charge on any atom is 0.0755 e. The first-order valence-electron chi connectivity index (χ1n) is 4.43. The minimum atomic E-state index is 0.487. The average molecular weight is 159 g/mol. The van der Waals surface area contributed by atoms with Crippen LogP contribution in [0.3, 0.4) is 0 Å². The molecule has 10 heavy (non-hydrogen) atoms. The fraction of sp³-hybridized carbons (Fsp3) is 1.00. The Kier molecular flexibility index (Phi) is 5.00. The van der Waals surface area contributed by atoms with Crippen LogP contribution in [0.25, 0.3) is 0 Å². The summed E-state index contributed by atoms with van der Waals surface area (Å²) in [4.78, 5) is 3.55. The monoisotopic (exact) mass is 159 g/mol. The van der Waals surface area contributed by atoms with Crippen LogP contribution in [0.1, 0.15) is 46.5 Å². The molecule has 0 aromatic rings. The molecule has 0 unspecified atom stereocenters. The van der Waals surface area contributed by atoms with Gasteiger partial charge >= 0.3 is 0 Å². The van der Waals surface area contributed by atoms with E-state index in [0.717, 1.165) is 10.4 Å². The number of nitrogens with one attached hydrogen (secondary N) is 1. The summed E-state index contributed by atoms with van der Waals surface area (Å²) in [7, 11) is 1.13. The van der Waals surface area contributed by atoms with Gasteiger partial charge in [-0.1, -0.05) is 27.2 Å². The summed E-state index contributed by atoms with van der Waals surface area (Å²) in [6, 6.07) is 0. The second-order valence-corrected chi connectivity index (χ2v) is 3.49. The maximum atomic E-state index is 3.55. The zero-order valence-electron chi connectivity index (χ0n) is 7.83. The third kappa shape index (κ3) is 2.43. The Bertz CT molecular complexity index is 71.1. The van der Waals surface area contributed by atoms with Gasteiger partial charge in [-0.2, -0.15) is 0 Å².